The Kier molecular flexibility index (Phi) is 7.08. The van der Waals surface area contributed by atoms with Gasteiger partial charge in [0.15, 0.2) is 17.5 Å². The topological polar surface area (TPSA) is 54.9 Å². The molecule has 1 aromatic carbocycles. The van der Waals surface area contributed by atoms with Crippen molar-refractivity contribution in [3.05, 3.63) is 23.8 Å². The summed E-state index contributed by atoms with van der Waals surface area (Å²) in [5.74, 6) is 1.86. The van der Waals surface area contributed by atoms with Gasteiger partial charge in [-0.15, -0.1) is 0 Å². The van der Waals surface area contributed by atoms with Crippen LogP contribution in [-0.4, -0.2) is 32.8 Å². The van der Waals surface area contributed by atoms with Gasteiger partial charge in [-0.25, -0.2) is 0 Å². The zero-order valence-electron chi connectivity index (χ0n) is 14.1. The number of hydrogen-bond acceptors (Lipinski definition) is 3. The Labute approximate surface area is 141 Å². The fraction of sp³-hybridized carbons (Fsp3) is 0.588. The summed E-state index contributed by atoms with van der Waals surface area (Å²) in [5, 5.41) is 6.35. The first-order valence-electron chi connectivity index (χ1n) is 8.28. The number of alkyl halides is 2. The molecule has 1 aliphatic rings. The molecule has 0 radical (unpaired) electrons. The van der Waals surface area contributed by atoms with Gasteiger partial charge in [-0.05, 0) is 25.3 Å². The smallest absolute Gasteiger partial charge is 0.387 e. The quantitative estimate of drug-likeness (QED) is 0.535. The van der Waals surface area contributed by atoms with Gasteiger partial charge in [-0.3, -0.25) is 4.99 Å². The van der Waals surface area contributed by atoms with Crippen LogP contribution in [-0.2, 0) is 6.54 Å². The summed E-state index contributed by atoms with van der Waals surface area (Å²) in [5.41, 5.74) is 0.589. The van der Waals surface area contributed by atoms with Gasteiger partial charge in [0, 0.05) is 25.7 Å². The Morgan fingerprint density at radius 2 is 2.12 bits per heavy atom. The van der Waals surface area contributed by atoms with Crippen molar-refractivity contribution in [1.29, 1.82) is 0 Å². The average molecular weight is 341 g/mol. The second-order valence-electron chi connectivity index (χ2n) is 5.64. The van der Waals surface area contributed by atoms with Crippen LogP contribution in [0.25, 0.3) is 0 Å². The molecular weight excluding hydrogens is 316 g/mol. The van der Waals surface area contributed by atoms with E-state index in [1.165, 1.54) is 12.8 Å². The van der Waals surface area contributed by atoms with Crippen molar-refractivity contribution in [1.82, 2.24) is 10.6 Å². The lowest BCUT2D eigenvalue weighted by Crippen LogP contribution is -2.37. The molecule has 0 atom stereocenters. The van der Waals surface area contributed by atoms with E-state index in [1.807, 2.05) is 0 Å². The van der Waals surface area contributed by atoms with Gasteiger partial charge in [0.2, 0.25) is 0 Å². The van der Waals surface area contributed by atoms with Crippen LogP contribution in [0.2, 0.25) is 0 Å². The van der Waals surface area contributed by atoms with Crippen LogP contribution < -0.4 is 20.1 Å². The van der Waals surface area contributed by atoms with E-state index in [2.05, 4.69) is 20.4 Å². The maximum atomic E-state index is 12.7. The average Bonchev–Trinajstić information content (AvgIpc) is 3.37. The molecule has 2 N–H and O–H groups in total. The largest absolute Gasteiger partial charge is 0.490 e. The highest BCUT2D eigenvalue weighted by atomic mass is 19.3. The summed E-state index contributed by atoms with van der Waals surface area (Å²) >= 11 is 0. The predicted octanol–water partition coefficient (Wildman–Crippen LogP) is 3.15. The molecule has 0 amide bonds. The summed E-state index contributed by atoms with van der Waals surface area (Å²) in [7, 11) is 1.68. The third kappa shape index (κ3) is 5.86. The number of nitrogens with zero attached hydrogens (tertiary/aromatic N) is 1. The van der Waals surface area contributed by atoms with Gasteiger partial charge < -0.3 is 20.1 Å². The second kappa shape index (κ2) is 9.30. The standard InChI is InChI=1S/C17H25F2N3O2/c1-3-23-14-6-4-5-13(15(14)24-16(18)19)11-22-17(20-2)21-10-9-12-7-8-12/h4-6,12,16H,3,7-11H2,1-2H3,(H2,20,21,22). The van der Waals surface area contributed by atoms with E-state index in [1.54, 1.807) is 32.2 Å². The number of halogens is 2. The van der Waals surface area contributed by atoms with Crippen molar-refractivity contribution < 1.29 is 18.3 Å². The SMILES string of the molecule is CCOc1cccc(CNC(=NC)NCCC2CC2)c1OC(F)F. The van der Waals surface area contributed by atoms with Gasteiger partial charge in [0.25, 0.3) is 0 Å². The zero-order valence-corrected chi connectivity index (χ0v) is 14.1. The molecule has 0 aromatic heterocycles. The fourth-order valence-corrected chi connectivity index (χ4v) is 2.39. The maximum absolute atomic E-state index is 12.7. The van der Waals surface area contributed by atoms with Gasteiger partial charge in [-0.2, -0.15) is 8.78 Å². The highest BCUT2D eigenvalue weighted by molar-refractivity contribution is 5.79. The van der Waals surface area contributed by atoms with Crippen LogP contribution >= 0.6 is 0 Å². The molecular formula is C17H25F2N3O2. The van der Waals surface area contributed by atoms with Crippen LogP contribution in [0.4, 0.5) is 8.78 Å². The molecule has 1 fully saturated rings. The molecule has 2 rings (SSSR count). The molecule has 0 bridgehead atoms. The van der Waals surface area contributed by atoms with Crippen molar-refractivity contribution >= 4 is 5.96 Å². The van der Waals surface area contributed by atoms with Gasteiger partial charge in [-0.1, -0.05) is 25.0 Å². The third-order valence-corrected chi connectivity index (χ3v) is 3.78. The van der Waals surface area contributed by atoms with Crippen LogP contribution in [0.15, 0.2) is 23.2 Å². The fourth-order valence-electron chi connectivity index (χ4n) is 2.39. The number of rotatable bonds is 9. The van der Waals surface area contributed by atoms with Crippen molar-refractivity contribution in [2.75, 3.05) is 20.2 Å². The number of ether oxygens (including phenoxy) is 2. The van der Waals surface area contributed by atoms with E-state index >= 15 is 0 Å². The number of benzene rings is 1. The highest BCUT2D eigenvalue weighted by Crippen LogP contribution is 2.33. The molecule has 0 aliphatic heterocycles. The lowest BCUT2D eigenvalue weighted by molar-refractivity contribution is -0.0520. The molecule has 134 valence electrons. The van der Waals surface area contributed by atoms with E-state index in [9.17, 15) is 8.78 Å². The number of guanidine groups is 1. The van der Waals surface area contributed by atoms with Crippen molar-refractivity contribution in [2.45, 2.75) is 39.3 Å². The molecule has 1 saturated carbocycles. The minimum absolute atomic E-state index is 0.0651. The highest BCUT2D eigenvalue weighted by Gasteiger charge is 2.20. The van der Waals surface area contributed by atoms with Crippen LogP contribution in [0.3, 0.4) is 0 Å². The summed E-state index contributed by atoms with van der Waals surface area (Å²) in [4.78, 5) is 4.14. The van der Waals surface area contributed by atoms with Crippen LogP contribution in [0, 0.1) is 5.92 Å². The molecule has 7 heteroatoms. The summed E-state index contributed by atoms with van der Waals surface area (Å²) < 4.78 is 35.4. The Balaban J connectivity index is 1.97. The number of aliphatic imine (C=N–C) groups is 1. The molecule has 0 spiro atoms. The minimum Gasteiger partial charge on any atom is -0.490 e. The Morgan fingerprint density at radius 3 is 2.75 bits per heavy atom. The summed E-state index contributed by atoms with van der Waals surface area (Å²) in [6, 6.07) is 5.10. The number of nitrogens with one attached hydrogen (secondary N) is 2. The zero-order chi connectivity index (χ0) is 17.4. The van der Waals surface area contributed by atoms with Crippen molar-refractivity contribution in [2.24, 2.45) is 10.9 Å². The Bertz CT molecular complexity index is 549. The van der Waals surface area contributed by atoms with E-state index in [-0.39, 0.29) is 5.75 Å². The maximum Gasteiger partial charge on any atom is 0.387 e. The lowest BCUT2D eigenvalue weighted by atomic mass is 10.2. The molecule has 0 heterocycles. The van der Waals surface area contributed by atoms with E-state index in [0.29, 0.717) is 30.4 Å². The van der Waals surface area contributed by atoms with E-state index in [0.717, 1.165) is 18.9 Å². The van der Waals surface area contributed by atoms with Crippen LogP contribution in [0.5, 0.6) is 11.5 Å². The number of hydrogen-bond donors (Lipinski definition) is 2. The first-order valence-corrected chi connectivity index (χ1v) is 8.28. The molecule has 1 aliphatic carbocycles. The molecule has 1 aromatic rings. The molecule has 0 unspecified atom stereocenters. The Morgan fingerprint density at radius 1 is 1.33 bits per heavy atom. The van der Waals surface area contributed by atoms with E-state index < -0.39 is 6.61 Å². The third-order valence-electron chi connectivity index (χ3n) is 3.78. The van der Waals surface area contributed by atoms with Crippen LogP contribution in [0.1, 0.15) is 31.7 Å². The normalized spacial score (nSPS) is 14.6. The van der Waals surface area contributed by atoms with Crippen molar-refractivity contribution in [3.8, 4) is 11.5 Å². The van der Waals surface area contributed by atoms with Gasteiger partial charge in [0.1, 0.15) is 0 Å². The lowest BCUT2D eigenvalue weighted by Gasteiger charge is -2.17. The first kappa shape index (κ1) is 18.3. The Hall–Kier alpha value is -2.05. The van der Waals surface area contributed by atoms with E-state index in [4.69, 9.17) is 4.74 Å². The first-order chi connectivity index (χ1) is 11.6. The van der Waals surface area contributed by atoms with Crippen molar-refractivity contribution in [3.63, 3.8) is 0 Å². The molecule has 0 saturated heterocycles. The molecule has 5 nitrogen and oxygen atoms in total. The summed E-state index contributed by atoms with van der Waals surface area (Å²) in [6.45, 7) is 0.431. The minimum atomic E-state index is -2.90. The van der Waals surface area contributed by atoms with Gasteiger partial charge in [0.05, 0.1) is 6.61 Å². The monoisotopic (exact) mass is 341 g/mol. The van der Waals surface area contributed by atoms with Gasteiger partial charge >= 0.3 is 6.61 Å². The second-order valence-corrected chi connectivity index (χ2v) is 5.64. The number of para-hydroxylation sites is 1. The molecule has 24 heavy (non-hydrogen) atoms. The predicted molar refractivity (Wildman–Crippen MR) is 89.8 cm³/mol. The summed E-state index contributed by atoms with van der Waals surface area (Å²) in [6.07, 6.45) is 3.75.